The van der Waals surface area contributed by atoms with Crippen molar-refractivity contribution in [2.24, 2.45) is 17.8 Å². The van der Waals surface area contributed by atoms with Gasteiger partial charge in [-0.05, 0) is 30.4 Å². The molecule has 0 saturated heterocycles. The van der Waals surface area contributed by atoms with E-state index in [-0.39, 0.29) is 0 Å². The van der Waals surface area contributed by atoms with E-state index in [0.717, 1.165) is 24.0 Å². The normalized spacial score (nSPS) is 27.7. The molecule has 0 heterocycles. The lowest BCUT2D eigenvalue weighted by Crippen LogP contribution is -1.99. The molecule has 0 aromatic carbocycles. The maximum atomic E-state index is 11.4. The summed E-state index contributed by atoms with van der Waals surface area (Å²) >= 11 is 1.49. The topological polar surface area (TPSA) is 17.1 Å². The van der Waals surface area contributed by atoms with Crippen molar-refractivity contribution in [1.82, 2.24) is 0 Å². The summed E-state index contributed by atoms with van der Waals surface area (Å²) in [6.45, 7) is 6.50. The smallest absolute Gasteiger partial charge is 0.192 e. The van der Waals surface area contributed by atoms with Crippen molar-refractivity contribution in [2.75, 3.05) is 5.75 Å². The second-order valence-electron chi connectivity index (χ2n) is 3.98. The fraction of sp³-hybridized carbons (Fsp3) is 0.900. The summed E-state index contributed by atoms with van der Waals surface area (Å²) in [7, 11) is 0. The van der Waals surface area contributed by atoms with Crippen LogP contribution in [0.1, 0.15) is 33.6 Å². The van der Waals surface area contributed by atoms with Gasteiger partial charge in [-0.3, -0.25) is 4.79 Å². The van der Waals surface area contributed by atoms with Crippen molar-refractivity contribution in [2.45, 2.75) is 33.6 Å². The van der Waals surface area contributed by atoms with Crippen LogP contribution in [0.4, 0.5) is 0 Å². The first kappa shape index (κ1) is 10.1. The van der Waals surface area contributed by atoms with E-state index < -0.39 is 0 Å². The third-order valence-corrected chi connectivity index (χ3v) is 3.16. The van der Waals surface area contributed by atoms with Crippen LogP contribution in [-0.4, -0.2) is 10.9 Å². The lowest BCUT2D eigenvalue weighted by atomic mass is 10.1. The monoisotopic (exact) mass is 186 g/mol. The van der Waals surface area contributed by atoms with Gasteiger partial charge in [0.2, 0.25) is 0 Å². The number of thioether (sulfide) groups is 1. The highest BCUT2D eigenvalue weighted by atomic mass is 32.2. The van der Waals surface area contributed by atoms with Gasteiger partial charge in [-0.25, -0.2) is 0 Å². The first-order valence-corrected chi connectivity index (χ1v) is 5.80. The highest BCUT2D eigenvalue weighted by Crippen LogP contribution is 2.45. The minimum atomic E-state index is 0.414. The molecular formula is C10H18OS. The van der Waals surface area contributed by atoms with Gasteiger partial charge in [0.05, 0.1) is 0 Å². The first-order valence-electron chi connectivity index (χ1n) is 4.81. The van der Waals surface area contributed by atoms with Gasteiger partial charge in [-0.15, -0.1) is 0 Å². The molecule has 2 atom stereocenters. The van der Waals surface area contributed by atoms with Crippen LogP contribution in [0.3, 0.4) is 0 Å². The third-order valence-electron chi connectivity index (χ3n) is 2.29. The standard InChI is InChI=1S/C10H18OS/c1-4-12-10(11)9-6-8(9)5-7(2)3/h7-9H,4-6H2,1-3H3/t8-,9-/m1/s1. The van der Waals surface area contributed by atoms with Crippen LogP contribution in [0, 0.1) is 17.8 Å². The zero-order chi connectivity index (χ0) is 9.14. The highest BCUT2D eigenvalue weighted by molar-refractivity contribution is 8.13. The molecule has 1 rings (SSSR count). The Kier molecular flexibility index (Phi) is 3.63. The summed E-state index contributed by atoms with van der Waals surface area (Å²) in [6, 6.07) is 0. The van der Waals surface area contributed by atoms with E-state index in [1.165, 1.54) is 18.2 Å². The summed E-state index contributed by atoms with van der Waals surface area (Å²) < 4.78 is 0. The van der Waals surface area contributed by atoms with Crippen molar-refractivity contribution in [3.8, 4) is 0 Å². The summed E-state index contributed by atoms with van der Waals surface area (Å²) in [4.78, 5) is 11.4. The molecule has 0 N–H and O–H groups in total. The fourth-order valence-corrected chi connectivity index (χ4v) is 2.44. The average molecular weight is 186 g/mol. The molecule has 0 bridgehead atoms. The predicted octanol–water partition coefficient (Wildman–Crippen LogP) is 2.95. The summed E-state index contributed by atoms with van der Waals surface area (Å²) in [5, 5.41) is 0.433. The van der Waals surface area contributed by atoms with E-state index in [1.54, 1.807) is 0 Å². The molecule has 12 heavy (non-hydrogen) atoms. The van der Waals surface area contributed by atoms with Crippen LogP contribution in [0.5, 0.6) is 0 Å². The van der Waals surface area contributed by atoms with E-state index in [1.807, 2.05) is 6.92 Å². The maximum absolute atomic E-state index is 11.4. The Balaban J connectivity index is 2.18. The van der Waals surface area contributed by atoms with Crippen molar-refractivity contribution in [3.05, 3.63) is 0 Å². The molecule has 70 valence electrons. The fourth-order valence-electron chi connectivity index (χ4n) is 1.65. The lowest BCUT2D eigenvalue weighted by Gasteiger charge is -2.01. The van der Waals surface area contributed by atoms with Crippen LogP contribution >= 0.6 is 11.8 Å². The molecule has 0 amide bonds. The quantitative estimate of drug-likeness (QED) is 0.671. The van der Waals surface area contributed by atoms with Crippen LogP contribution in [0.2, 0.25) is 0 Å². The van der Waals surface area contributed by atoms with Gasteiger partial charge in [0.1, 0.15) is 0 Å². The zero-order valence-corrected chi connectivity index (χ0v) is 8.99. The SMILES string of the molecule is CCSC(=O)[C@@H]1C[C@H]1CC(C)C. The van der Waals surface area contributed by atoms with Crippen LogP contribution in [0.15, 0.2) is 0 Å². The van der Waals surface area contributed by atoms with E-state index in [0.29, 0.717) is 11.0 Å². The predicted molar refractivity (Wildman–Crippen MR) is 54.2 cm³/mol. The number of hydrogen-bond acceptors (Lipinski definition) is 2. The van der Waals surface area contributed by atoms with Gasteiger partial charge in [-0.2, -0.15) is 0 Å². The Morgan fingerprint density at radius 2 is 2.25 bits per heavy atom. The maximum Gasteiger partial charge on any atom is 0.192 e. The molecule has 1 saturated carbocycles. The van der Waals surface area contributed by atoms with Crippen LogP contribution in [-0.2, 0) is 4.79 Å². The molecule has 2 heteroatoms. The Labute approximate surface area is 79.3 Å². The second-order valence-corrected chi connectivity index (χ2v) is 5.25. The largest absolute Gasteiger partial charge is 0.287 e. The van der Waals surface area contributed by atoms with Gasteiger partial charge >= 0.3 is 0 Å². The number of carbonyl (C=O) groups excluding carboxylic acids is 1. The Hall–Kier alpha value is 0.0200. The van der Waals surface area contributed by atoms with Crippen molar-refractivity contribution in [3.63, 3.8) is 0 Å². The van der Waals surface area contributed by atoms with Gasteiger partial charge in [-0.1, -0.05) is 32.5 Å². The molecule has 0 spiro atoms. The first-order chi connectivity index (χ1) is 5.65. The van der Waals surface area contributed by atoms with E-state index in [9.17, 15) is 4.79 Å². The highest BCUT2D eigenvalue weighted by Gasteiger charge is 2.42. The molecule has 1 fully saturated rings. The Bertz CT molecular complexity index is 165. The van der Waals surface area contributed by atoms with Crippen LogP contribution < -0.4 is 0 Å². The van der Waals surface area contributed by atoms with Gasteiger partial charge in [0, 0.05) is 5.92 Å². The molecule has 0 aromatic rings. The van der Waals surface area contributed by atoms with E-state index in [4.69, 9.17) is 0 Å². The van der Waals surface area contributed by atoms with Crippen molar-refractivity contribution in [1.29, 1.82) is 0 Å². The molecule has 1 nitrogen and oxygen atoms in total. The zero-order valence-electron chi connectivity index (χ0n) is 8.17. The summed E-state index contributed by atoms with van der Waals surface area (Å²) in [5.41, 5.74) is 0. The molecule has 1 aliphatic rings. The number of hydrogen-bond donors (Lipinski definition) is 0. The minimum absolute atomic E-state index is 0.414. The molecular weight excluding hydrogens is 168 g/mol. The molecule has 0 aromatic heterocycles. The van der Waals surface area contributed by atoms with Crippen molar-refractivity contribution >= 4 is 16.9 Å². The third kappa shape index (κ3) is 2.81. The number of rotatable bonds is 4. The second kappa shape index (κ2) is 4.31. The Morgan fingerprint density at radius 1 is 1.58 bits per heavy atom. The van der Waals surface area contributed by atoms with E-state index >= 15 is 0 Å². The van der Waals surface area contributed by atoms with Gasteiger partial charge in [0.15, 0.2) is 5.12 Å². The molecule has 0 aliphatic heterocycles. The van der Waals surface area contributed by atoms with Gasteiger partial charge < -0.3 is 0 Å². The van der Waals surface area contributed by atoms with Crippen LogP contribution in [0.25, 0.3) is 0 Å². The van der Waals surface area contributed by atoms with Crippen molar-refractivity contribution < 1.29 is 4.79 Å². The molecule has 0 unspecified atom stereocenters. The number of carbonyl (C=O) groups is 1. The van der Waals surface area contributed by atoms with E-state index in [2.05, 4.69) is 13.8 Å². The Morgan fingerprint density at radius 3 is 2.75 bits per heavy atom. The minimum Gasteiger partial charge on any atom is -0.287 e. The lowest BCUT2D eigenvalue weighted by molar-refractivity contribution is -0.112. The summed E-state index contributed by atoms with van der Waals surface area (Å²) in [5.74, 6) is 2.82. The average Bonchev–Trinajstić information content (AvgIpc) is 2.67. The molecule has 0 radical (unpaired) electrons. The summed E-state index contributed by atoms with van der Waals surface area (Å²) in [6.07, 6.45) is 2.39. The van der Waals surface area contributed by atoms with Gasteiger partial charge in [0.25, 0.3) is 0 Å². The molecule has 1 aliphatic carbocycles.